The number of esters is 2. The molecule has 1 atom stereocenters. The van der Waals surface area contributed by atoms with Crippen molar-refractivity contribution in [2.45, 2.75) is 20.8 Å². The van der Waals surface area contributed by atoms with Gasteiger partial charge in [-0.2, -0.15) is 0 Å². The van der Waals surface area contributed by atoms with Crippen molar-refractivity contribution in [2.24, 2.45) is 11.8 Å². The van der Waals surface area contributed by atoms with Gasteiger partial charge in [0.15, 0.2) is 5.92 Å². The van der Waals surface area contributed by atoms with Crippen LogP contribution in [0.5, 0.6) is 0 Å². The third kappa shape index (κ3) is 4.38. The van der Waals surface area contributed by atoms with Gasteiger partial charge in [0.2, 0.25) is 0 Å². The molecule has 0 rings (SSSR count). The van der Waals surface area contributed by atoms with Crippen LogP contribution in [0.3, 0.4) is 0 Å². The van der Waals surface area contributed by atoms with Gasteiger partial charge in [-0.3, -0.25) is 14.4 Å². The van der Waals surface area contributed by atoms with Crippen molar-refractivity contribution in [3.63, 3.8) is 0 Å². The van der Waals surface area contributed by atoms with Crippen molar-refractivity contribution in [3.05, 3.63) is 11.6 Å². The number of carbonyl (C=O) groups excluding carboxylic acids is 3. The Hall–Kier alpha value is -1.65. The first-order valence-corrected chi connectivity index (χ1v) is 5.16. The van der Waals surface area contributed by atoms with E-state index >= 15 is 0 Å². The fraction of sp³-hybridized carbons (Fsp3) is 0.583. The second-order valence-electron chi connectivity index (χ2n) is 3.90. The van der Waals surface area contributed by atoms with Crippen LogP contribution in [0, 0.1) is 11.8 Å². The van der Waals surface area contributed by atoms with Gasteiger partial charge in [-0.15, -0.1) is 0 Å². The molecule has 0 fully saturated rings. The first kappa shape index (κ1) is 15.3. The number of rotatable bonds is 5. The van der Waals surface area contributed by atoms with Crippen molar-refractivity contribution in [3.8, 4) is 0 Å². The Balaban J connectivity index is 5.37. The minimum absolute atomic E-state index is 0.285. The highest BCUT2D eigenvalue weighted by molar-refractivity contribution is 6.00. The highest BCUT2D eigenvalue weighted by atomic mass is 16.5. The predicted molar refractivity (Wildman–Crippen MR) is 61.1 cm³/mol. The quantitative estimate of drug-likeness (QED) is 0.410. The lowest BCUT2D eigenvalue weighted by Crippen LogP contribution is -2.36. The fourth-order valence-electron chi connectivity index (χ4n) is 1.45. The molecule has 0 aromatic carbocycles. The molecule has 1 unspecified atom stereocenters. The molecule has 0 aliphatic heterocycles. The molecule has 0 bridgehead atoms. The molecule has 0 saturated heterocycles. The lowest BCUT2D eigenvalue weighted by molar-refractivity contribution is -0.162. The summed E-state index contributed by atoms with van der Waals surface area (Å²) in [6.45, 7) is 4.88. The topological polar surface area (TPSA) is 69.7 Å². The first-order valence-electron chi connectivity index (χ1n) is 5.16. The van der Waals surface area contributed by atoms with Crippen LogP contribution in [-0.2, 0) is 23.9 Å². The number of carbonyl (C=O) groups is 3. The van der Waals surface area contributed by atoms with E-state index in [1.54, 1.807) is 19.9 Å². The molecule has 0 aromatic rings. The normalized spacial score (nSPS) is 11.6. The minimum Gasteiger partial charge on any atom is -0.468 e. The van der Waals surface area contributed by atoms with E-state index in [0.717, 1.165) is 19.8 Å². The smallest absolute Gasteiger partial charge is 0.321 e. The monoisotopic (exact) mass is 242 g/mol. The molecule has 0 aromatic heterocycles. The van der Waals surface area contributed by atoms with E-state index in [9.17, 15) is 14.4 Å². The van der Waals surface area contributed by atoms with E-state index in [-0.39, 0.29) is 5.78 Å². The third-order valence-corrected chi connectivity index (χ3v) is 2.25. The molecular formula is C12H18O5. The van der Waals surface area contributed by atoms with Crippen molar-refractivity contribution in [2.75, 3.05) is 14.2 Å². The van der Waals surface area contributed by atoms with Gasteiger partial charge in [0.25, 0.3) is 0 Å². The van der Waals surface area contributed by atoms with Gasteiger partial charge in [-0.1, -0.05) is 11.6 Å². The van der Waals surface area contributed by atoms with E-state index in [4.69, 9.17) is 0 Å². The maximum Gasteiger partial charge on any atom is 0.321 e. The average Bonchev–Trinajstić information content (AvgIpc) is 2.26. The van der Waals surface area contributed by atoms with Crippen LogP contribution in [-0.4, -0.2) is 31.9 Å². The van der Waals surface area contributed by atoms with Crippen LogP contribution in [0.2, 0.25) is 0 Å². The Bertz CT molecular complexity index is 323. The van der Waals surface area contributed by atoms with E-state index in [1.165, 1.54) is 6.92 Å². The van der Waals surface area contributed by atoms with Crippen molar-refractivity contribution in [1.29, 1.82) is 0 Å². The number of methoxy groups -OCH3 is 2. The fourth-order valence-corrected chi connectivity index (χ4v) is 1.45. The second-order valence-corrected chi connectivity index (χ2v) is 3.90. The number of allylic oxidation sites excluding steroid dienone is 2. The second kappa shape index (κ2) is 6.83. The summed E-state index contributed by atoms with van der Waals surface area (Å²) in [5, 5.41) is 0. The van der Waals surface area contributed by atoms with Gasteiger partial charge in [-0.05, 0) is 20.8 Å². The zero-order valence-corrected chi connectivity index (χ0v) is 10.8. The molecule has 0 radical (unpaired) electrons. The summed E-state index contributed by atoms with van der Waals surface area (Å²) >= 11 is 0. The van der Waals surface area contributed by atoms with Crippen LogP contribution < -0.4 is 0 Å². The van der Waals surface area contributed by atoms with Gasteiger partial charge in [0.05, 0.1) is 20.1 Å². The summed E-state index contributed by atoms with van der Waals surface area (Å²) < 4.78 is 9.05. The molecule has 96 valence electrons. The number of ether oxygens (including phenoxy) is 2. The molecule has 0 spiro atoms. The minimum atomic E-state index is -1.24. The molecule has 0 heterocycles. The van der Waals surface area contributed by atoms with Crippen LogP contribution in [0.15, 0.2) is 11.6 Å². The van der Waals surface area contributed by atoms with Crippen molar-refractivity contribution in [1.82, 2.24) is 0 Å². The zero-order chi connectivity index (χ0) is 13.6. The molecule has 0 aliphatic rings. The summed E-state index contributed by atoms with van der Waals surface area (Å²) in [5.74, 6) is -3.91. The molecule has 0 N–H and O–H groups in total. The van der Waals surface area contributed by atoms with Gasteiger partial charge < -0.3 is 9.47 Å². The molecular weight excluding hydrogens is 224 g/mol. The SMILES string of the molecule is COC(=O)C(C(=O)OC)C(C=C(C)C)C(C)=O. The van der Waals surface area contributed by atoms with E-state index in [2.05, 4.69) is 9.47 Å². The highest BCUT2D eigenvalue weighted by Gasteiger charge is 2.38. The van der Waals surface area contributed by atoms with Gasteiger partial charge in [0, 0.05) is 0 Å². The van der Waals surface area contributed by atoms with E-state index in [1.807, 2.05) is 0 Å². The number of Topliss-reactive ketones (excluding diaryl/α,β-unsaturated/α-hetero) is 1. The van der Waals surface area contributed by atoms with Gasteiger partial charge in [0.1, 0.15) is 5.78 Å². The summed E-state index contributed by atoms with van der Waals surface area (Å²) in [4.78, 5) is 34.6. The Kier molecular flexibility index (Phi) is 6.17. The number of ketones is 1. The van der Waals surface area contributed by atoms with Crippen LogP contribution in [0.4, 0.5) is 0 Å². The lowest BCUT2D eigenvalue weighted by atomic mass is 9.87. The predicted octanol–water partition coefficient (Wildman–Crippen LogP) is 1.12. The first-order chi connectivity index (χ1) is 7.84. The average molecular weight is 242 g/mol. The summed E-state index contributed by atoms with van der Waals surface area (Å²) in [6, 6.07) is 0. The Labute approximate surface area is 101 Å². The Morgan fingerprint density at radius 2 is 1.35 bits per heavy atom. The third-order valence-electron chi connectivity index (χ3n) is 2.25. The van der Waals surface area contributed by atoms with Crippen LogP contribution in [0.1, 0.15) is 20.8 Å². The summed E-state index contributed by atoms with van der Waals surface area (Å²) in [5.41, 5.74) is 0.836. The molecule has 5 nitrogen and oxygen atoms in total. The largest absolute Gasteiger partial charge is 0.468 e. The Morgan fingerprint density at radius 1 is 0.941 bits per heavy atom. The van der Waals surface area contributed by atoms with Gasteiger partial charge >= 0.3 is 11.9 Å². The standard InChI is InChI=1S/C12H18O5/c1-7(2)6-9(8(3)13)10(11(14)16-4)12(15)17-5/h6,9-10H,1-5H3. The molecule has 5 heteroatoms. The lowest BCUT2D eigenvalue weighted by Gasteiger charge is -2.18. The van der Waals surface area contributed by atoms with Gasteiger partial charge in [-0.25, -0.2) is 0 Å². The van der Waals surface area contributed by atoms with Crippen molar-refractivity contribution < 1.29 is 23.9 Å². The van der Waals surface area contributed by atoms with Crippen molar-refractivity contribution >= 4 is 17.7 Å². The highest BCUT2D eigenvalue weighted by Crippen LogP contribution is 2.20. The Morgan fingerprint density at radius 3 is 1.59 bits per heavy atom. The summed E-state index contributed by atoms with van der Waals surface area (Å²) in [6.07, 6.45) is 1.57. The number of hydrogen-bond donors (Lipinski definition) is 0. The molecule has 0 amide bonds. The number of hydrogen-bond acceptors (Lipinski definition) is 5. The van der Waals surface area contributed by atoms with E-state index < -0.39 is 23.8 Å². The van der Waals surface area contributed by atoms with Crippen LogP contribution >= 0.6 is 0 Å². The summed E-state index contributed by atoms with van der Waals surface area (Å²) in [7, 11) is 2.33. The molecule has 17 heavy (non-hydrogen) atoms. The maximum absolute atomic E-state index is 11.5. The zero-order valence-electron chi connectivity index (χ0n) is 10.8. The maximum atomic E-state index is 11.5. The van der Waals surface area contributed by atoms with Crippen LogP contribution in [0.25, 0.3) is 0 Å². The molecule has 0 aliphatic carbocycles. The van der Waals surface area contributed by atoms with E-state index in [0.29, 0.717) is 0 Å². The molecule has 0 saturated carbocycles.